The Hall–Kier alpha value is -0.160. The number of rotatable bonds is 6. The molecule has 62 valence electrons. The van der Waals surface area contributed by atoms with Crippen molar-refractivity contribution in [2.45, 2.75) is 19.6 Å². The molecule has 0 aromatic heterocycles. The summed E-state index contributed by atoms with van der Waals surface area (Å²) in [5.74, 6) is 0. The van der Waals surface area contributed by atoms with Crippen molar-refractivity contribution in [3.8, 4) is 0 Å². The Labute approximate surface area is 60.4 Å². The first-order chi connectivity index (χ1) is 4.81. The summed E-state index contributed by atoms with van der Waals surface area (Å²) in [6.45, 7) is 2.15. The van der Waals surface area contributed by atoms with Crippen molar-refractivity contribution < 1.29 is 19.7 Å². The molecule has 0 saturated heterocycles. The van der Waals surface area contributed by atoms with Crippen LogP contribution in [0.15, 0.2) is 0 Å². The summed E-state index contributed by atoms with van der Waals surface area (Å²) >= 11 is 0. The molecule has 0 spiro atoms. The SMILES string of the molecule is CCC(O)OCCOCO. The standard InChI is InChI=1S/C6H14O4/c1-2-6(8)10-4-3-9-5-7/h6-8H,2-5H2,1H3. The number of aliphatic hydroxyl groups is 2. The monoisotopic (exact) mass is 150 g/mol. The molecule has 2 N–H and O–H groups in total. The van der Waals surface area contributed by atoms with Crippen molar-refractivity contribution in [3.05, 3.63) is 0 Å². The van der Waals surface area contributed by atoms with Gasteiger partial charge in [-0.25, -0.2) is 0 Å². The maximum absolute atomic E-state index is 8.82. The third-order valence-electron chi connectivity index (χ3n) is 0.978. The zero-order valence-electron chi connectivity index (χ0n) is 6.12. The maximum Gasteiger partial charge on any atom is 0.154 e. The molecule has 4 nitrogen and oxygen atoms in total. The van der Waals surface area contributed by atoms with Gasteiger partial charge in [0.1, 0.15) is 6.79 Å². The van der Waals surface area contributed by atoms with E-state index < -0.39 is 6.29 Å². The molecule has 10 heavy (non-hydrogen) atoms. The zero-order valence-corrected chi connectivity index (χ0v) is 6.12. The molecule has 4 heteroatoms. The third-order valence-corrected chi connectivity index (χ3v) is 0.978. The second-order valence-corrected chi connectivity index (χ2v) is 1.77. The number of ether oxygens (including phenoxy) is 2. The Morgan fingerprint density at radius 1 is 1.40 bits per heavy atom. The molecule has 0 aliphatic carbocycles. The average Bonchev–Trinajstić information content (AvgIpc) is 1.98. The van der Waals surface area contributed by atoms with Crippen molar-refractivity contribution in [1.82, 2.24) is 0 Å². The Bertz CT molecular complexity index is 66.8. The Morgan fingerprint density at radius 3 is 2.60 bits per heavy atom. The van der Waals surface area contributed by atoms with Gasteiger partial charge in [-0.15, -0.1) is 0 Å². The smallest absolute Gasteiger partial charge is 0.154 e. The number of aliphatic hydroxyl groups excluding tert-OH is 2. The predicted octanol–water partition coefficient (Wildman–Crippen LogP) is -0.302. The first kappa shape index (κ1) is 9.84. The minimum atomic E-state index is -0.706. The molecule has 0 aliphatic rings. The van der Waals surface area contributed by atoms with Gasteiger partial charge in [-0.1, -0.05) is 6.92 Å². The summed E-state index contributed by atoms with van der Waals surface area (Å²) in [6, 6.07) is 0. The van der Waals surface area contributed by atoms with E-state index in [0.29, 0.717) is 19.6 Å². The average molecular weight is 150 g/mol. The van der Waals surface area contributed by atoms with Crippen LogP contribution in [-0.2, 0) is 9.47 Å². The second kappa shape index (κ2) is 6.95. The van der Waals surface area contributed by atoms with Gasteiger partial charge in [-0.2, -0.15) is 0 Å². The summed E-state index contributed by atoms with van der Waals surface area (Å²) in [6.07, 6.45) is -0.138. The second-order valence-electron chi connectivity index (χ2n) is 1.77. The first-order valence-corrected chi connectivity index (χ1v) is 3.29. The van der Waals surface area contributed by atoms with Crippen LogP contribution >= 0.6 is 0 Å². The molecule has 0 amide bonds. The van der Waals surface area contributed by atoms with E-state index in [9.17, 15) is 0 Å². The van der Waals surface area contributed by atoms with Crippen molar-refractivity contribution >= 4 is 0 Å². The van der Waals surface area contributed by atoms with E-state index in [1.807, 2.05) is 6.92 Å². The quantitative estimate of drug-likeness (QED) is 0.403. The van der Waals surface area contributed by atoms with Crippen LogP contribution in [0.25, 0.3) is 0 Å². The maximum atomic E-state index is 8.82. The molecule has 0 fully saturated rings. The van der Waals surface area contributed by atoms with Crippen molar-refractivity contribution in [1.29, 1.82) is 0 Å². The Balaban J connectivity index is 2.89. The summed E-state index contributed by atoms with van der Waals surface area (Å²) < 4.78 is 9.36. The molecule has 1 atom stereocenters. The lowest BCUT2D eigenvalue weighted by molar-refractivity contribution is -0.122. The predicted molar refractivity (Wildman–Crippen MR) is 35.3 cm³/mol. The van der Waals surface area contributed by atoms with Crippen LogP contribution in [0.5, 0.6) is 0 Å². The van der Waals surface area contributed by atoms with Crippen LogP contribution in [0, 0.1) is 0 Å². The molecular weight excluding hydrogens is 136 g/mol. The summed E-state index contributed by atoms with van der Waals surface area (Å²) in [7, 11) is 0. The highest BCUT2D eigenvalue weighted by Crippen LogP contribution is 1.91. The summed E-state index contributed by atoms with van der Waals surface area (Å²) in [5, 5.41) is 17.0. The van der Waals surface area contributed by atoms with Gasteiger partial charge in [0.05, 0.1) is 13.2 Å². The van der Waals surface area contributed by atoms with Gasteiger partial charge in [0.15, 0.2) is 6.29 Å². The van der Waals surface area contributed by atoms with E-state index in [1.54, 1.807) is 0 Å². The Kier molecular flexibility index (Phi) is 6.84. The van der Waals surface area contributed by atoms with Crippen LogP contribution in [0.1, 0.15) is 13.3 Å². The lowest BCUT2D eigenvalue weighted by Gasteiger charge is -2.08. The normalized spacial score (nSPS) is 13.5. The van der Waals surface area contributed by atoms with Gasteiger partial charge in [-0.3, -0.25) is 0 Å². The van der Waals surface area contributed by atoms with Gasteiger partial charge >= 0.3 is 0 Å². The van der Waals surface area contributed by atoms with Crippen LogP contribution in [0.3, 0.4) is 0 Å². The van der Waals surface area contributed by atoms with Gasteiger partial charge in [0, 0.05) is 0 Å². The summed E-state index contributed by atoms with van der Waals surface area (Å²) in [4.78, 5) is 0. The van der Waals surface area contributed by atoms with Gasteiger partial charge < -0.3 is 19.7 Å². The third kappa shape index (κ3) is 5.97. The number of hydrogen-bond donors (Lipinski definition) is 2. The Morgan fingerprint density at radius 2 is 2.10 bits per heavy atom. The van der Waals surface area contributed by atoms with Crippen LogP contribution in [0.4, 0.5) is 0 Å². The fourth-order valence-corrected chi connectivity index (χ4v) is 0.425. The van der Waals surface area contributed by atoms with E-state index in [0.717, 1.165) is 0 Å². The van der Waals surface area contributed by atoms with Crippen molar-refractivity contribution in [3.63, 3.8) is 0 Å². The van der Waals surface area contributed by atoms with Crippen LogP contribution in [-0.4, -0.2) is 36.5 Å². The van der Waals surface area contributed by atoms with Crippen molar-refractivity contribution in [2.24, 2.45) is 0 Å². The lowest BCUT2D eigenvalue weighted by atomic mass is 10.5. The molecule has 0 radical (unpaired) electrons. The molecule has 0 aliphatic heterocycles. The minimum Gasteiger partial charge on any atom is -0.371 e. The topological polar surface area (TPSA) is 58.9 Å². The van der Waals surface area contributed by atoms with E-state index in [2.05, 4.69) is 4.74 Å². The first-order valence-electron chi connectivity index (χ1n) is 3.29. The van der Waals surface area contributed by atoms with E-state index in [1.165, 1.54) is 0 Å². The minimum absolute atomic E-state index is 0.300. The molecule has 0 aromatic rings. The van der Waals surface area contributed by atoms with Gasteiger partial charge in [0.25, 0.3) is 0 Å². The molecule has 0 saturated carbocycles. The van der Waals surface area contributed by atoms with Gasteiger partial charge in [0.2, 0.25) is 0 Å². The van der Waals surface area contributed by atoms with E-state index in [-0.39, 0.29) is 6.79 Å². The van der Waals surface area contributed by atoms with Crippen molar-refractivity contribution in [2.75, 3.05) is 20.0 Å². The number of hydrogen-bond acceptors (Lipinski definition) is 4. The molecule has 1 unspecified atom stereocenters. The largest absolute Gasteiger partial charge is 0.371 e. The molecule has 0 aromatic carbocycles. The highest BCUT2D eigenvalue weighted by molar-refractivity contribution is 4.34. The van der Waals surface area contributed by atoms with Gasteiger partial charge in [-0.05, 0) is 6.42 Å². The highest BCUT2D eigenvalue weighted by Gasteiger charge is 1.97. The molecule has 0 rings (SSSR count). The van der Waals surface area contributed by atoms with Crippen LogP contribution < -0.4 is 0 Å². The van der Waals surface area contributed by atoms with E-state index in [4.69, 9.17) is 14.9 Å². The highest BCUT2D eigenvalue weighted by atomic mass is 16.6. The van der Waals surface area contributed by atoms with E-state index >= 15 is 0 Å². The molecule has 0 heterocycles. The fourth-order valence-electron chi connectivity index (χ4n) is 0.425. The zero-order chi connectivity index (χ0) is 7.82. The van der Waals surface area contributed by atoms with Crippen LogP contribution in [0.2, 0.25) is 0 Å². The fraction of sp³-hybridized carbons (Fsp3) is 1.00. The molecular formula is C6H14O4. The molecule has 0 bridgehead atoms. The summed E-state index contributed by atoms with van der Waals surface area (Å²) in [5.41, 5.74) is 0. The lowest BCUT2D eigenvalue weighted by Crippen LogP contribution is -2.14.